The monoisotopic (exact) mass is 386 g/mol. The summed E-state index contributed by atoms with van der Waals surface area (Å²) >= 11 is 12.3. The first-order valence-electron chi connectivity index (χ1n) is 8.86. The summed E-state index contributed by atoms with van der Waals surface area (Å²) in [6.45, 7) is 2.17. The van der Waals surface area contributed by atoms with Gasteiger partial charge in [-0.3, -0.25) is 4.98 Å². The zero-order valence-electron chi connectivity index (χ0n) is 14.3. The number of halogens is 2. The number of hydrogen-bond donors (Lipinski definition) is 2. The highest BCUT2D eigenvalue weighted by molar-refractivity contribution is 6.42. The van der Waals surface area contributed by atoms with E-state index in [2.05, 4.69) is 15.3 Å². The summed E-state index contributed by atoms with van der Waals surface area (Å²) in [4.78, 5) is 12.6. The van der Waals surface area contributed by atoms with Crippen LogP contribution in [0.25, 0.3) is 22.5 Å². The maximum Gasteiger partial charge on any atom is 0.107 e. The minimum Gasteiger partial charge on any atom is -0.341 e. The van der Waals surface area contributed by atoms with Crippen LogP contribution in [0, 0.1) is 5.92 Å². The van der Waals surface area contributed by atoms with Crippen LogP contribution < -0.4 is 5.32 Å². The summed E-state index contributed by atoms with van der Waals surface area (Å²) in [5.74, 6) is 1.68. The van der Waals surface area contributed by atoms with Gasteiger partial charge in [-0.2, -0.15) is 0 Å². The highest BCUT2D eigenvalue weighted by atomic mass is 35.5. The van der Waals surface area contributed by atoms with Crippen LogP contribution in [0.3, 0.4) is 0 Å². The van der Waals surface area contributed by atoms with E-state index >= 15 is 0 Å². The Hall–Kier alpha value is -1.88. The smallest absolute Gasteiger partial charge is 0.107 e. The van der Waals surface area contributed by atoms with Gasteiger partial charge in [0.25, 0.3) is 0 Å². The van der Waals surface area contributed by atoms with Crippen molar-refractivity contribution in [1.29, 1.82) is 0 Å². The standard InChI is InChI=1S/C20H20Cl2N4/c21-16-2-1-15(12-17(16)22)20-19(14-5-9-24-10-6-14)25-18(26-20)11-13-3-7-23-8-4-13/h1-2,5-6,9-10,12-13,23H,3-4,7-8,11H2,(H,25,26). The molecular weight excluding hydrogens is 367 g/mol. The predicted octanol–water partition coefficient (Wildman–Crippen LogP) is 4.99. The highest BCUT2D eigenvalue weighted by Crippen LogP contribution is 2.34. The molecule has 0 bridgehead atoms. The van der Waals surface area contributed by atoms with Crippen molar-refractivity contribution in [1.82, 2.24) is 20.3 Å². The molecule has 2 aromatic heterocycles. The molecule has 0 atom stereocenters. The number of rotatable bonds is 4. The number of H-pyrrole nitrogens is 1. The van der Waals surface area contributed by atoms with Crippen LogP contribution in [0.2, 0.25) is 10.0 Å². The number of piperidine rings is 1. The van der Waals surface area contributed by atoms with Crippen LogP contribution >= 0.6 is 23.2 Å². The van der Waals surface area contributed by atoms with E-state index < -0.39 is 0 Å². The van der Waals surface area contributed by atoms with E-state index in [-0.39, 0.29) is 0 Å². The van der Waals surface area contributed by atoms with E-state index in [4.69, 9.17) is 28.2 Å². The van der Waals surface area contributed by atoms with Crippen molar-refractivity contribution in [3.8, 4) is 22.5 Å². The van der Waals surface area contributed by atoms with Crippen molar-refractivity contribution in [3.05, 3.63) is 58.6 Å². The van der Waals surface area contributed by atoms with Gasteiger partial charge in [-0.05, 0) is 56.1 Å². The van der Waals surface area contributed by atoms with Crippen molar-refractivity contribution in [3.63, 3.8) is 0 Å². The van der Waals surface area contributed by atoms with E-state index in [1.54, 1.807) is 12.4 Å². The Morgan fingerprint density at radius 1 is 0.962 bits per heavy atom. The SMILES string of the molecule is Clc1ccc(-c2nc(CC3CCNCC3)[nH]c2-c2ccncc2)cc1Cl. The molecular formula is C20H20Cl2N4. The summed E-state index contributed by atoms with van der Waals surface area (Å²) in [7, 11) is 0. The molecule has 3 heterocycles. The average Bonchev–Trinajstić information content (AvgIpc) is 3.09. The molecule has 1 aliphatic heterocycles. The number of hydrogen-bond acceptors (Lipinski definition) is 3. The van der Waals surface area contributed by atoms with Crippen LogP contribution in [0.4, 0.5) is 0 Å². The Kier molecular flexibility index (Phi) is 5.25. The quantitative estimate of drug-likeness (QED) is 0.663. The lowest BCUT2D eigenvalue weighted by Crippen LogP contribution is -2.28. The van der Waals surface area contributed by atoms with Crippen LogP contribution in [0.1, 0.15) is 18.7 Å². The lowest BCUT2D eigenvalue weighted by Gasteiger charge is -2.21. The summed E-state index contributed by atoms with van der Waals surface area (Å²) in [6.07, 6.45) is 6.92. The Morgan fingerprint density at radius 3 is 2.46 bits per heavy atom. The molecule has 6 heteroatoms. The molecule has 2 N–H and O–H groups in total. The van der Waals surface area contributed by atoms with Gasteiger partial charge in [-0.25, -0.2) is 4.98 Å². The first-order chi connectivity index (χ1) is 12.7. The Morgan fingerprint density at radius 2 is 1.73 bits per heavy atom. The third-order valence-electron chi connectivity index (χ3n) is 4.86. The summed E-state index contributed by atoms with van der Waals surface area (Å²) in [5, 5.41) is 4.50. The minimum atomic E-state index is 0.535. The van der Waals surface area contributed by atoms with Gasteiger partial charge in [-0.15, -0.1) is 0 Å². The Balaban J connectivity index is 1.73. The summed E-state index contributed by atoms with van der Waals surface area (Å²) < 4.78 is 0. The summed E-state index contributed by atoms with van der Waals surface area (Å²) in [6, 6.07) is 9.63. The molecule has 4 nitrogen and oxygen atoms in total. The van der Waals surface area contributed by atoms with Crippen LogP contribution in [-0.4, -0.2) is 28.0 Å². The van der Waals surface area contributed by atoms with Gasteiger partial charge < -0.3 is 10.3 Å². The molecule has 26 heavy (non-hydrogen) atoms. The van der Waals surface area contributed by atoms with E-state index in [0.29, 0.717) is 16.0 Å². The number of benzene rings is 1. The fourth-order valence-corrected chi connectivity index (χ4v) is 3.76. The third kappa shape index (κ3) is 3.78. The molecule has 3 aromatic rings. The van der Waals surface area contributed by atoms with Crippen LogP contribution in [-0.2, 0) is 6.42 Å². The van der Waals surface area contributed by atoms with Gasteiger partial charge in [0.15, 0.2) is 0 Å². The molecule has 1 fully saturated rings. The molecule has 0 amide bonds. The van der Waals surface area contributed by atoms with Crippen molar-refractivity contribution in [2.24, 2.45) is 5.92 Å². The largest absolute Gasteiger partial charge is 0.341 e. The molecule has 1 aliphatic rings. The fourth-order valence-electron chi connectivity index (χ4n) is 3.46. The van der Waals surface area contributed by atoms with E-state index in [0.717, 1.165) is 47.8 Å². The van der Waals surface area contributed by atoms with Crippen molar-refractivity contribution in [2.45, 2.75) is 19.3 Å². The van der Waals surface area contributed by atoms with Gasteiger partial charge in [0.1, 0.15) is 5.82 Å². The first kappa shape index (κ1) is 17.5. The maximum absolute atomic E-state index is 6.24. The second-order valence-electron chi connectivity index (χ2n) is 6.67. The Bertz CT molecular complexity index is 886. The first-order valence-corrected chi connectivity index (χ1v) is 9.61. The molecule has 0 unspecified atom stereocenters. The third-order valence-corrected chi connectivity index (χ3v) is 5.59. The predicted molar refractivity (Wildman–Crippen MR) is 107 cm³/mol. The fraction of sp³-hybridized carbons (Fsp3) is 0.300. The van der Waals surface area contributed by atoms with Gasteiger partial charge in [0.05, 0.1) is 21.4 Å². The number of aromatic amines is 1. The maximum atomic E-state index is 6.24. The van der Waals surface area contributed by atoms with Gasteiger partial charge in [0.2, 0.25) is 0 Å². The molecule has 1 aromatic carbocycles. The molecule has 1 saturated heterocycles. The lowest BCUT2D eigenvalue weighted by atomic mass is 9.94. The van der Waals surface area contributed by atoms with Crippen molar-refractivity contribution < 1.29 is 0 Å². The number of nitrogens with zero attached hydrogens (tertiary/aromatic N) is 2. The van der Waals surface area contributed by atoms with E-state index in [1.165, 1.54) is 12.8 Å². The second-order valence-corrected chi connectivity index (χ2v) is 7.48. The average molecular weight is 387 g/mol. The molecule has 0 saturated carbocycles. The van der Waals surface area contributed by atoms with Gasteiger partial charge in [-0.1, -0.05) is 29.3 Å². The second kappa shape index (κ2) is 7.78. The van der Waals surface area contributed by atoms with Gasteiger partial charge >= 0.3 is 0 Å². The normalized spacial score (nSPS) is 15.3. The van der Waals surface area contributed by atoms with Crippen LogP contribution in [0.5, 0.6) is 0 Å². The highest BCUT2D eigenvalue weighted by Gasteiger charge is 2.19. The zero-order chi connectivity index (χ0) is 17.9. The summed E-state index contributed by atoms with van der Waals surface area (Å²) in [5.41, 5.74) is 3.91. The number of imidazole rings is 1. The van der Waals surface area contributed by atoms with E-state index in [1.807, 2.05) is 30.3 Å². The Labute approximate surface area is 163 Å². The lowest BCUT2D eigenvalue weighted by molar-refractivity contribution is 0.368. The molecule has 0 aliphatic carbocycles. The molecule has 0 spiro atoms. The number of pyridine rings is 1. The van der Waals surface area contributed by atoms with E-state index in [9.17, 15) is 0 Å². The van der Waals surface area contributed by atoms with Gasteiger partial charge in [0, 0.05) is 29.9 Å². The topological polar surface area (TPSA) is 53.6 Å². The number of nitrogens with one attached hydrogen (secondary N) is 2. The molecule has 134 valence electrons. The van der Waals surface area contributed by atoms with Crippen molar-refractivity contribution in [2.75, 3.05) is 13.1 Å². The molecule has 4 rings (SSSR count). The minimum absolute atomic E-state index is 0.535. The van der Waals surface area contributed by atoms with Crippen LogP contribution in [0.15, 0.2) is 42.7 Å². The number of aromatic nitrogens is 3. The van der Waals surface area contributed by atoms with Crippen molar-refractivity contribution >= 4 is 23.2 Å². The zero-order valence-corrected chi connectivity index (χ0v) is 15.8. The molecule has 0 radical (unpaired) electrons.